The number of amides is 1. The second-order valence-electron chi connectivity index (χ2n) is 3.81. The van der Waals surface area contributed by atoms with Crippen LogP contribution in [0.5, 0.6) is 0 Å². The molecular formula is C14H18N2O2S. The molecule has 0 aromatic carbocycles. The average Bonchev–Trinajstić information content (AvgIpc) is 2.44. The Morgan fingerprint density at radius 2 is 2.37 bits per heavy atom. The van der Waals surface area contributed by atoms with Gasteiger partial charge in [0.25, 0.3) is 5.91 Å². The van der Waals surface area contributed by atoms with Gasteiger partial charge < -0.3 is 10.4 Å². The quantitative estimate of drug-likeness (QED) is 0.608. The van der Waals surface area contributed by atoms with Gasteiger partial charge in [0, 0.05) is 24.7 Å². The summed E-state index contributed by atoms with van der Waals surface area (Å²) >= 11 is 1.76. The highest BCUT2D eigenvalue weighted by atomic mass is 32.2. The molecule has 0 atom stereocenters. The summed E-state index contributed by atoms with van der Waals surface area (Å²) < 4.78 is 0. The summed E-state index contributed by atoms with van der Waals surface area (Å²) in [5.74, 6) is 6.55. The van der Waals surface area contributed by atoms with Crippen molar-refractivity contribution in [2.24, 2.45) is 0 Å². The SMILES string of the molecule is CSCCCNC(=O)c1ccc(C#CCCO)cn1. The molecule has 1 aromatic heterocycles. The minimum atomic E-state index is -0.157. The van der Waals surface area contributed by atoms with Crippen molar-refractivity contribution in [1.29, 1.82) is 0 Å². The number of rotatable bonds is 6. The first kappa shape index (κ1) is 15.5. The zero-order valence-corrected chi connectivity index (χ0v) is 11.8. The van der Waals surface area contributed by atoms with Crippen molar-refractivity contribution in [3.8, 4) is 11.8 Å². The molecule has 1 amide bonds. The van der Waals surface area contributed by atoms with Gasteiger partial charge in [0.1, 0.15) is 5.69 Å². The number of thioether (sulfide) groups is 1. The Labute approximate surface area is 118 Å². The van der Waals surface area contributed by atoms with Gasteiger partial charge in [-0.05, 0) is 30.6 Å². The van der Waals surface area contributed by atoms with Crippen LogP contribution in [0.2, 0.25) is 0 Å². The molecule has 0 saturated carbocycles. The predicted molar refractivity (Wildman–Crippen MR) is 78.2 cm³/mol. The fourth-order valence-corrected chi connectivity index (χ4v) is 1.76. The molecule has 0 radical (unpaired) electrons. The number of hydrogen-bond donors (Lipinski definition) is 2. The summed E-state index contributed by atoms with van der Waals surface area (Å²) in [6.45, 7) is 0.719. The van der Waals surface area contributed by atoms with Crippen LogP contribution in [0.4, 0.5) is 0 Å². The van der Waals surface area contributed by atoms with Crippen molar-refractivity contribution >= 4 is 17.7 Å². The van der Waals surface area contributed by atoms with Crippen molar-refractivity contribution < 1.29 is 9.90 Å². The predicted octanol–water partition coefficient (Wildman–Crippen LogP) is 1.30. The number of carbonyl (C=O) groups excluding carboxylic acids is 1. The van der Waals surface area contributed by atoms with E-state index in [9.17, 15) is 4.79 Å². The largest absolute Gasteiger partial charge is 0.395 e. The number of nitrogens with zero attached hydrogens (tertiary/aromatic N) is 1. The van der Waals surface area contributed by atoms with Gasteiger partial charge in [-0.2, -0.15) is 11.8 Å². The molecule has 0 saturated heterocycles. The lowest BCUT2D eigenvalue weighted by Gasteiger charge is -2.03. The molecule has 1 aromatic rings. The minimum Gasteiger partial charge on any atom is -0.395 e. The molecule has 1 rings (SSSR count). The van der Waals surface area contributed by atoms with E-state index < -0.39 is 0 Å². The highest BCUT2D eigenvalue weighted by molar-refractivity contribution is 7.98. The Morgan fingerprint density at radius 1 is 1.53 bits per heavy atom. The molecule has 0 fully saturated rings. The fourth-order valence-electron chi connectivity index (χ4n) is 1.33. The highest BCUT2D eigenvalue weighted by Crippen LogP contribution is 2.00. The fraction of sp³-hybridized carbons (Fsp3) is 0.429. The van der Waals surface area contributed by atoms with Crippen LogP contribution in [-0.4, -0.2) is 41.2 Å². The summed E-state index contributed by atoms with van der Waals surface area (Å²) in [6.07, 6.45) is 5.01. The van der Waals surface area contributed by atoms with E-state index in [2.05, 4.69) is 22.1 Å². The maximum absolute atomic E-state index is 11.7. The van der Waals surface area contributed by atoms with E-state index in [1.807, 2.05) is 6.26 Å². The van der Waals surface area contributed by atoms with Crippen molar-refractivity contribution in [1.82, 2.24) is 10.3 Å². The second kappa shape index (κ2) is 9.42. The van der Waals surface area contributed by atoms with Gasteiger partial charge in [-0.1, -0.05) is 11.8 Å². The number of pyridine rings is 1. The first-order valence-electron chi connectivity index (χ1n) is 6.11. The van der Waals surface area contributed by atoms with Crippen LogP contribution in [0.1, 0.15) is 28.9 Å². The van der Waals surface area contributed by atoms with Gasteiger partial charge in [0.15, 0.2) is 0 Å². The Kier molecular flexibility index (Phi) is 7.71. The summed E-state index contributed by atoms with van der Waals surface area (Å²) in [4.78, 5) is 15.8. The van der Waals surface area contributed by atoms with E-state index in [0.717, 1.165) is 17.7 Å². The number of nitrogens with one attached hydrogen (secondary N) is 1. The summed E-state index contributed by atoms with van der Waals surface area (Å²) in [5, 5.41) is 11.4. The number of aromatic nitrogens is 1. The third-order valence-electron chi connectivity index (χ3n) is 2.28. The first-order chi connectivity index (χ1) is 9.27. The molecule has 19 heavy (non-hydrogen) atoms. The van der Waals surface area contributed by atoms with Crippen molar-refractivity contribution in [3.63, 3.8) is 0 Å². The molecule has 0 unspecified atom stereocenters. The zero-order valence-electron chi connectivity index (χ0n) is 11.0. The minimum absolute atomic E-state index is 0.0525. The van der Waals surface area contributed by atoms with E-state index in [0.29, 0.717) is 18.7 Å². The average molecular weight is 278 g/mol. The summed E-state index contributed by atoms with van der Waals surface area (Å²) in [6, 6.07) is 3.42. The van der Waals surface area contributed by atoms with Gasteiger partial charge >= 0.3 is 0 Å². The summed E-state index contributed by atoms with van der Waals surface area (Å²) in [5.41, 5.74) is 1.14. The highest BCUT2D eigenvalue weighted by Gasteiger charge is 2.05. The van der Waals surface area contributed by atoms with E-state index in [1.165, 1.54) is 0 Å². The van der Waals surface area contributed by atoms with Gasteiger partial charge in [0.05, 0.1) is 6.61 Å². The molecule has 4 nitrogen and oxygen atoms in total. The summed E-state index contributed by atoms with van der Waals surface area (Å²) in [7, 11) is 0. The van der Waals surface area contributed by atoms with Crippen molar-refractivity contribution in [2.45, 2.75) is 12.8 Å². The lowest BCUT2D eigenvalue weighted by molar-refractivity contribution is 0.0949. The molecular weight excluding hydrogens is 260 g/mol. The maximum atomic E-state index is 11.7. The standard InChI is InChI=1S/C14H18N2O2S/c1-19-10-4-8-15-14(18)13-7-6-12(11-16-13)5-2-3-9-17/h6-7,11,17H,3-4,8-10H2,1H3,(H,15,18). The Hall–Kier alpha value is -1.51. The van der Waals surface area contributed by atoms with Crippen LogP contribution < -0.4 is 5.32 Å². The van der Waals surface area contributed by atoms with Crippen LogP contribution >= 0.6 is 11.8 Å². The van der Waals surface area contributed by atoms with Gasteiger partial charge in [-0.3, -0.25) is 4.79 Å². The molecule has 102 valence electrons. The lowest BCUT2D eigenvalue weighted by Crippen LogP contribution is -2.25. The van der Waals surface area contributed by atoms with Crippen LogP contribution in [0.15, 0.2) is 18.3 Å². The van der Waals surface area contributed by atoms with Gasteiger partial charge in [-0.25, -0.2) is 4.98 Å². The molecule has 0 bridgehead atoms. The number of aliphatic hydroxyl groups is 1. The molecule has 0 aliphatic heterocycles. The van der Waals surface area contributed by atoms with Crippen LogP contribution in [0.3, 0.4) is 0 Å². The Morgan fingerprint density at radius 3 is 3.00 bits per heavy atom. The molecule has 0 aliphatic carbocycles. The van der Waals surface area contributed by atoms with Crippen molar-refractivity contribution in [3.05, 3.63) is 29.6 Å². The zero-order chi connectivity index (χ0) is 13.9. The van der Waals surface area contributed by atoms with E-state index in [1.54, 1.807) is 30.1 Å². The monoisotopic (exact) mass is 278 g/mol. The van der Waals surface area contributed by atoms with E-state index in [-0.39, 0.29) is 12.5 Å². The number of carbonyl (C=O) groups is 1. The first-order valence-corrected chi connectivity index (χ1v) is 7.50. The topological polar surface area (TPSA) is 62.2 Å². The van der Waals surface area contributed by atoms with Gasteiger partial charge in [0.2, 0.25) is 0 Å². The Balaban J connectivity index is 2.47. The van der Waals surface area contributed by atoms with Crippen LogP contribution in [0.25, 0.3) is 0 Å². The second-order valence-corrected chi connectivity index (χ2v) is 4.80. The van der Waals surface area contributed by atoms with Crippen LogP contribution in [-0.2, 0) is 0 Å². The molecule has 0 spiro atoms. The van der Waals surface area contributed by atoms with E-state index in [4.69, 9.17) is 5.11 Å². The number of hydrogen-bond acceptors (Lipinski definition) is 4. The number of aliphatic hydroxyl groups excluding tert-OH is 1. The van der Waals surface area contributed by atoms with Crippen LogP contribution in [0, 0.1) is 11.8 Å². The van der Waals surface area contributed by atoms with E-state index >= 15 is 0 Å². The molecule has 5 heteroatoms. The normalized spacial score (nSPS) is 9.58. The lowest BCUT2D eigenvalue weighted by atomic mass is 10.2. The van der Waals surface area contributed by atoms with Gasteiger partial charge in [-0.15, -0.1) is 0 Å². The maximum Gasteiger partial charge on any atom is 0.269 e. The van der Waals surface area contributed by atoms with Crippen molar-refractivity contribution in [2.75, 3.05) is 25.2 Å². The molecule has 1 heterocycles. The molecule has 0 aliphatic rings. The Bertz CT molecular complexity index is 449. The third kappa shape index (κ3) is 6.27. The smallest absolute Gasteiger partial charge is 0.269 e. The molecule has 2 N–H and O–H groups in total. The third-order valence-corrected chi connectivity index (χ3v) is 2.97.